The second-order valence-electron chi connectivity index (χ2n) is 6.66. The van der Waals surface area contributed by atoms with Crippen LogP contribution in [0.2, 0.25) is 0 Å². The van der Waals surface area contributed by atoms with Crippen molar-refractivity contribution < 1.29 is 5.11 Å². The predicted octanol–water partition coefficient (Wildman–Crippen LogP) is 2.47. The summed E-state index contributed by atoms with van der Waals surface area (Å²) in [4.78, 5) is 0. The third-order valence-electron chi connectivity index (χ3n) is 4.70. The van der Waals surface area contributed by atoms with E-state index in [9.17, 15) is 5.11 Å². The van der Waals surface area contributed by atoms with E-state index < -0.39 is 5.60 Å². The molecule has 0 amide bonds. The van der Waals surface area contributed by atoms with Gasteiger partial charge in [-0.1, -0.05) is 18.2 Å². The van der Waals surface area contributed by atoms with Crippen LogP contribution in [0.1, 0.15) is 48.6 Å². The molecule has 2 N–H and O–H groups in total. The minimum absolute atomic E-state index is 0.217. The summed E-state index contributed by atoms with van der Waals surface area (Å²) >= 11 is 0. The highest BCUT2D eigenvalue weighted by Crippen LogP contribution is 2.26. The third-order valence-corrected chi connectivity index (χ3v) is 4.70. The van der Waals surface area contributed by atoms with Gasteiger partial charge in [-0.2, -0.15) is 5.10 Å². The predicted molar refractivity (Wildman–Crippen MR) is 87.7 cm³/mol. The first-order valence-corrected chi connectivity index (χ1v) is 8.02. The standard InChI is InChI=1S/C18H25N3O/c1-13(15-8-7-14-5-4-6-16(14)9-15)19-12-18(2,22)17-10-20-21(3)11-17/h7-11,13,19,22H,4-6,12H2,1-3H3. The van der Waals surface area contributed by atoms with E-state index in [1.54, 1.807) is 10.9 Å². The number of nitrogens with zero attached hydrogens (tertiary/aromatic N) is 2. The zero-order chi connectivity index (χ0) is 15.7. The summed E-state index contributed by atoms with van der Waals surface area (Å²) in [6.07, 6.45) is 7.27. The smallest absolute Gasteiger partial charge is 0.102 e. The van der Waals surface area contributed by atoms with Gasteiger partial charge in [0, 0.05) is 31.4 Å². The molecule has 2 atom stereocenters. The van der Waals surface area contributed by atoms with E-state index in [0.717, 1.165) is 5.56 Å². The van der Waals surface area contributed by atoms with E-state index in [4.69, 9.17) is 0 Å². The lowest BCUT2D eigenvalue weighted by molar-refractivity contribution is 0.0543. The molecule has 3 rings (SSSR count). The number of hydrogen-bond donors (Lipinski definition) is 2. The summed E-state index contributed by atoms with van der Waals surface area (Å²) in [5.41, 5.74) is 4.20. The maximum Gasteiger partial charge on any atom is 0.102 e. The average molecular weight is 299 g/mol. The Morgan fingerprint density at radius 1 is 1.36 bits per heavy atom. The number of hydrogen-bond acceptors (Lipinski definition) is 3. The van der Waals surface area contributed by atoms with Crippen LogP contribution < -0.4 is 5.32 Å². The molecule has 0 radical (unpaired) electrons. The monoisotopic (exact) mass is 299 g/mol. The van der Waals surface area contributed by atoms with Crippen LogP contribution in [0, 0.1) is 0 Å². The molecular formula is C18H25N3O. The highest BCUT2D eigenvalue weighted by Gasteiger charge is 2.25. The quantitative estimate of drug-likeness (QED) is 0.892. The molecule has 0 fully saturated rings. The zero-order valence-corrected chi connectivity index (χ0v) is 13.6. The van der Waals surface area contributed by atoms with Crippen molar-refractivity contribution in [3.05, 3.63) is 52.8 Å². The molecule has 0 saturated heterocycles. The molecule has 2 unspecified atom stereocenters. The van der Waals surface area contributed by atoms with Crippen molar-refractivity contribution in [1.82, 2.24) is 15.1 Å². The molecular weight excluding hydrogens is 274 g/mol. The lowest BCUT2D eigenvalue weighted by atomic mass is 9.97. The van der Waals surface area contributed by atoms with Crippen molar-refractivity contribution in [3.8, 4) is 0 Å². The van der Waals surface area contributed by atoms with Gasteiger partial charge in [0.1, 0.15) is 5.60 Å². The van der Waals surface area contributed by atoms with Crippen molar-refractivity contribution in [2.45, 2.75) is 44.8 Å². The summed E-state index contributed by atoms with van der Waals surface area (Å²) in [5, 5.41) is 18.2. The Labute approximate surface area is 132 Å². The largest absolute Gasteiger partial charge is 0.384 e. The second-order valence-corrected chi connectivity index (χ2v) is 6.66. The van der Waals surface area contributed by atoms with Crippen molar-refractivity contribution in [1.29, 1.82) is 0 Å². The van der Waals surface area contributed by atoms with Gasteiger partial charge in [0.25, 0.3) is 0 Å². The number of nitrogens with one attached hydrogen (secondary N) is 1. The van der Waals surface area contributed by atoms with Crippen LogP contribution >= 0.6 is 0 Å². The fourth-order valence-electron chi connectivity index (χ4n) is 3.13. The number of rotatable bonds is 5. The van der Waals surface area contributed by atoms with Crippen LogP contribution in [-0.4, -0.2) is 21.4 Å². The van der Waals surface area contributed by atoms with E-state index in [-0.39, 0.29) is 6.04 Å². The molecule has 118 valence electrons. The number of aryl methyl sites for hydroxylation is 3. The molecule has 1 heterocycles. The Bertz CT molecular complexity index is 660. The fraction of sp³-hybridized carbons (Fsp3) is 0.500. The van der Waals surface area contributed by atoms with Gasteiger partial charge >= 0.3 is 0 Å². The van der Waals surface area contributed by atoms with Gasteiger partial charge in [-0.25, -0.2) is 0 Å². The average Bonchev–Trinajstić information content (AvgIpc) is 3.12. The van der Waals surface area contributed by atoms with Gasteiger partial charge in [-0.15, -0.1) is 0 Å². The molecule has 0 saturated carbocycles. The van der Waals surface area contributed by atoms with E-state index >= 15 is 0 Å². The molecule has 4 heteroatoms. The van der Waals surface area contributed by atoms with Crippen molar-refractivity contribution >= 4 is 0 Å². The molecule has 1 aromatic carbocycles. The Hall–Kier alpha value is -1.65. The van der Waals surface area contributed by atoms with Gasteiger partial charge in [0.05, 0.1) is 6.20 Å². The first-order valence-electron chi connectivity index (χ1n) is 8.02. The molecule has 0 aliphatic heterocycles. The Kier molecular flexibility index (Phi) is 4.06. The van der Waals surface area contributed by atoms with Crippen LogP contribution in [0.5, 0.6) is 0 Å². The van der Waals surface area contributed by atoms with Gasteiger partial charge < -0.3 is 10.4 Å². The number of aromatic nitrogens is 2. The molecule has 2 aromatic rings. The van der Waals surface area contributed by atoms with Crippen LogP contribution in [0.25, 0.3) is 0 Å². The van der Waals surface area contributed by atoms with Gasteiger partial charge in [0.2, 0.25) is 0 Å². The maximum atomic E-state index is 10.6. The second kappa shape index (κ2) is 5.86. The van der Waals surface area contributed by atoms with E-state index in [2.05, 4.69) is 35.5 Å². The third kappa shape index (κ3) is 3.08. The first-order chi connectivity index (χ1) is 10.5. The summed E-state index contributed by atoms with van der Waals surface area (Å²) in [5.74, 6) is 0. The Morgan fingerprint density at radius 3 is 2.86 bits per heavy atom. The molecule has 22 heavy (non-hydrogen) atoms. The Morgan fingerprint density at radius 2 is 2.14 bits per heavy atom. The van der Waals surface area contributed by atoms with Gasteiger partial charge in [0.15, 0.2) is 0 Å². The molecule has 1 aliphatic carbocycles. The SMILES string of the molecule is CC(NCC(C)(O)c1cnn(C)c1)c1ccc2c(c1)CCC2. The van der Waals surface area contributed by atoms with Crippen molar-refractivity contribution in [2.24, 2.45) is 7.05 Å². The normalized spacial score (nSPS) is 18.0. The van der Waals surface area contributed by atoms with E-state index in [0.29, 0.717) is 6.54 Å². The summed E-state index contributed by atoms with van der Waals surface area (Å²) in [7, 11) is 1.86. The van der Waals surface area contributed by atoms with E-state index in [1.807, 2.05) is 20.2 Å². The van der Waals surface area contributed by atoms with Crippen molar-refractivity contribution in [3.63, 3.8) is 0 Å². The van der Waals surface area contributed by atoms with Crippen LogP contribution in [0.15, 0.2) is 30.6 Å². The number of fused-ring (bicyclic) bond motifs is 1. The van der Waals surface area contributed by atoms with Crippen molar-refractivity contribution in [2.75, 3.05) is 6.54 Å². The topological polar surface area (TPSA) is 50.1 Å². The lowest BCUT2D eigenvalue weighted by Crippen LogP contribution is -2.36. The fourth-order valence-corrected chi connectivity index (χ4v) is 3.13. The zero-order valence-electron chi connectivity index (χ0n) is 13.6. The molecule has 0 bridgehead atoms. The minimum atomic E-state index is -0.917. The first kappa shape index (κ1) is 15.3. The molecule has 4 nitrogen and oxygen atoms in total. The summed E-state index contributed by atoms with van der Waals surface area (Å²) < 4.78 is 1.72. The number of aliphatic hydroxyl groups is 1. The molecule has 1 aliphatic rings. The summed E-state index contributed by atoms with van der Waals surface area (Å²) in [6.45, 7) is 4.47. The van der Waals surface area contributed by atoms with E-state index in [1.165, 1.54) is 36.0 Å². The molecule has 0 spiro atoms. The highest BCUT2D eigenvalue weighted by atomic mass is 16.3. The minimum Gasteiger partial charge on any atom is -0.384 e. The molecule has 1 aromatic heterocycles. The van der Waals surface area contributed by atoms with Gasteiger partial charge in [-0.3, -0.25) is 4.68 Å². The number of benzene rings is 1. The van der Waals surface area contributed by atoms with Crippen LogP contribution in [-0.2, 0) is 25.5 Å². The lowest BCUT2D eigenvalue weighted by Gasteiger charge is -2.25. The highest BCUT2D eigenvalue weighted by molar-refractivity contribution is 5.36. The maximum absolute atomic E-state index is 10.6. The van der Waals surface area contributed by atoms with Crippen LogP contribution in [0.3, 0.4) is 0 Å². The Balaban J connectivity index is 1.65. The van der Waals surface area contributed by atoms with Gasteiger partial charge in [-0.05, 0) is 49.8 Å². The summed E-state index contributed by atoms with van der Waals surface area (Å²) in [6, 6.07) is 7.00. The van der Waals surface area contributed by atoms with Crippen LogP contribution in [0.4, 0.5) is 0 Å².